The molecule has 0 atom stereocenters. The van der Waals surface area contributed by atoms with Crippen LogP contribution in [0.1, 0.15) is 19.5 Å². The van der Waals surface area contributed by atoms with Crippen LogP contribution in [0.3, 0.4) is 0 Å². The van der Waals surface area contributed by atoms with Crippen LogP contribution in [0, 0.1) is 12.8 Å². The zero-order valence-electron chi connectivity index (χ0n) is 13.8. The molecule has 0 fully saturated rings. The number of aliphatic hydroxyl groups is 1. The summed E-state index contributed by atoms with van der Waals surface area (Å²) in [6.07, 6.45) is 1.81. The Balaban J connectivity index is 2.45. The Morgan fingerprint density at radius 1 is 1.26 bits per heavy atom. The zero-order valence-corrected chi connectivity index (χ0v) is 13.8. The zero-order chi connectivity index (χ0) is 16.9. The Hall–Kier alpha value is -2.35. The van der Waals surface area contributed by atoms with Gasteiger partial charge in [-0.15, -0.1) is 0 Å². The molecule has 0 unspecified atom stereocenters. The van der Waals surface area contributed by atoms with Crippen LogP contribution in [0.15, 0.2) is 15.8 Å². The minimum absolute atomic E-state index is 0.0229. The first-order chi connectivity index (χ1) is 10.9. The fourth-order valence-electron chi connectivity index (χ4n) is 2.96. The molecule has 0 saturated carbocycles. The highest BCUT2D eigenvalue weighted by atomic mass is 16.3. The van der Waals surface area contributed by atoms with Crippen molar-refractivity contribution >= 4 is 16.9 Å². The van der Waals surface area contributed by atoms with E-state index in [1.165, 1.54) is 9.13 Å². The Morgan fingerprint density at radius 2 is 1.96 bits per heavy atom. The molecule has 0 aliphatic heterocycles. The number of hydrogen-bond donors (Lipinski definition) is 1. The standard InChI is InChI=1S/C15H21N5O3/c1-9(2)7-20-13(22)11-12(17(4)15(20)23)16-14-18(5-6-21)10(3)8-19(11)14/h8-9,21H,5-7H2,1-4H3. The largest absolute Gasteiger partial charge is 0.395 e. The van der Waals surface area contributed by atoms with Gasteiger partial charge in [-0.1, -0.05) is 13.8 Å². The predicted octanol–water partition coefficient (Wildman–Crippen LogP) is 0.106. The van der Waals surface area contributed by atoms with E-state index in [1.807, 2.05) is 31.5 Å². The quantitative estimate of drug-likeness (QED) is 0.739. The van der Waals surface area contributed by atoms with E-state index in [4.69, 9.17) is 0 Å². The van der Waals surface area contributed by atoms with Crippen molar-refractivity contribution in [1.29, 1.82) is 0 Å². The van der Waals surface area contributed by atoms with E-state index in [0.29, 0.717) is 30.0 Å². The van der Waals surface area contributed by atoms with Crippen LogP contribution >= 0.6 is 0 Å². The number of fused-ring (bicyclic) bond motifs is 3. The Morgan fingerprint density at radius 3 is 2.57 bits per heavy atom. The third-order valence-corrected chi connectivity index (χ3v) is 4.01. The summed E-state index contributed by atoms with van der Waals surface area (Å²) in [5.74, 6) is 0.739. The van der Waals surface area contributed by atoms with Crippen molar-refractivity contribution in [3.8, 4) is 0 Å². The van der Waals surface area contributed by atoms with Gasteiger partial charge in [0.15, 0.2) is 11.2 Å². The molecule has 0 aromatic carbocycles. The number of aliphatic hydroxyl groups excluding tert-OH is 1. The summed E-state index contributed by atoms with van der Waals surface area (Å²) < 4.78 is 6.21. The molecular formula is C15H21N5O3. The first-order valence-corrected chi connectivity index (χ1v) is 7.65. The van der Waals surface area contributed by atoms with Gasteiger partial charge in [0.25, 0.3) is 5.56 Å². The fourth-order valence-corrected chi connectivity index (χ4v) is 2.96. The summed E-state index contributed by atoms with van der Waals surface area (Å²) >= 11 is 0. The van der Waals surface area contributed by atoms with Gasteiger partial charge in [0.1, 0.15) is 0 Å². The normalized spacial score (nSPS) is 12.1. The molecule has 3 rings (SSSR count). The van der Waals surface area contributed by atoms with Crippen LogP contribution in [-0.4, -0.2) is 34.8 Å². The second kappa shape index (κ2) is 5.38. The van der Waals surface area contributed by atoms with Crippen molar-refractivity contribution in [3.63, 3.8) is 0 Å². The summed E-state index contributed by atoms with van der Waals surface area (Å²) in [5.41, 5.74) is 0.962. The van der Waals surface area contributed by atoms with E-state index in [-0.39, 0.29) is 23.8 Å². The fraction of sp³-hybridized carbons (Fsp3) is 0.533. The molecule has 0 aliphatic carbocycles. The first-order valence-electron chi connectivity index (χ1n) is 7.65. The second-order valence-electron chi connectivity index (χ2n) is 6.25. The van der Waals surface area contributed by atoms with Crippen molar-refractivity contribution in [1.82, 2.24) is 23.1 Å². The molecule has 0 amide bonds. The Bertz CT molecular complexity index is 1000. The van der Waals surface area contributed by atoms with Gasteiger partial charge in [0, 0.05) is 32.0 Å². The number of imidazole rings is 2. The summed E-state index contributed by atoms with van der Waals surface area (Å²) in [5, 5.41) is 9.21. The average Bonchev–Trinajstić information content (AvgIpc) is 2.98. The molecule has 23 heavy (non-hydrogen) atoms. The van der Waals surface area contributed by atoms with Gasteiger partial charge in [0.05, 0.1) is 6.61 Å². The van der Waals surface area contributed by atoms with E-state index in [0.717, 1.165) is 5.69 Å². The van der Waals surface area contributed by atoms with Gasteiger partial charge >= 0.3 is 5.69 Å². The molecule has 3 aromatic heterocycles. The summed E-state index contributed by atoms with van der Waals surface area (Å²) in [6, 6.07) is 0. The maximum absolute atomic E-state index is 12.8. The maximum Gasteiger partial charge on any atom is 0.332 e. The molecule has 8 heteroatoms. The monoisotopic (exact) mass is 319 g/mol. The van der Waals surface area contributed by atoms with Crippen LogP contribution in [0.4, 0.5) is 0 Å². The lowest BCUT2D eigenvalue weighted by atomic mass is 10.2. The van der Waals surface area contributed by atoms with E-state index < -0.39 is 0 Å². The van der Waals surface area contributed by atoms with Crippen LogP contribution in [0.2, 0.25) is 0 Å². The van der Waals surface area contributed by atoms with Crippen LogP contribution in [-0.2, 0) is 20.1 Å². The van der Waals surface area contributed by atoms with E-state index >= 15 is 0 Å². The molecule has 3 aromatic rings. The van der Waals surface area contributed by atoms with Gasteiger partial charge in [-0.2, -0.15) is 4.98 Å². The van der Waals surface area contributed by atoms with Crippen molar-refractivity contribution in [3.05, 3.63) is 32.7 Å². The minimum Gasteiger partial charge on any atom is -0.395 e. The van der Waals surface area contributed by atoms with E-state index in [2.05, 4.69) is 4.98 Å². The summed E-state index contributed by atoms with van der Waals surface area (Å²) in [4.78, 5) is 29.7. The Labute approximate surface area is 132 Å². The summed E-state index contributed by atoms with van der Waals surface area (Å²) in [7, 11) is 1.62. The first kappa shape index (κ1) is 15.5. The Kier molecular flexibility index (Phi) is 3.63. The third kappa shape index (κ3) is 2.21. The van der Waals surface area contributed by atoms with Crippen LogP contribution in [0.25, 0.3) is 16.9 Å². The van der Waals surface area contributed by atoms with Crippen molar-refractivity contribution in [2.75, 3.05) is 6.61 Å². The minimum atomic E-state index is -0.359. The van der Waals surface area contributed by atoms with Gasteiger partial charge in [-0.25, -0.2) is 4.79 Å². The highest BCUT2D eigenvalue weighted by Crippen LogP contribution is 2.16. The second-order valence-corrected chi connectivity index (χ2v) is 6.25. The number of nitrogens with zero attached hydrogens (tertiary/aromatic N) is 5. The van der Waals surface area contributed by atoms with Gasteiger partial charge in [-0.05, 0) is 12.8 Å². The third-order valence-electron chi connectivity index (χ3n) is 4.01. The molecule has 0 aliphatic rings. The van der Waals surface area contributed by atoms with Crippen LogP contribution in [0.5, 0.6) is 0 Å². The lowest BCUT2D eigenvalue weighted by Crippen LogP contribution is -2.40. The van der Waals surface area contributed by atoms with Crippen molar-refractivity contribution in [2.45, 2.75) is 33.9 Å². The average molecular weight is 319 g/mol. The molecule has 0 bridgehead atoms. The molecule has 0 spiro atoms. The molecule has 0 saturated heterocycles. The predicted molar refractivity (Wildman–Crippen MR) is 86.8 cm³/mol. The van der Waals surface area contributed by atoms with Gasteiger partial charge < -0.3 is 9.67 Å². The highest BCUT2D eigenvalue weighted by molar-refractivity contribution is 5.75. The number of aryl methyl sites for hydroxylation is 2. The number of rotatable bonds is 4. The van der Waals surface area contributed by atoms with E-state index in [9.17, 15) is 14.7 Å². The molecule has 3 heterocycles. The lowest BCUT2D eigenvalue weighted by molar-refractivity contribution is 0.276. The molecule has 8 nitrogen and oxygen atoms in total. The topological polar surface area (TPSA) is 86.5 Å². The maximum atomic E-state index is 12.8. The lowest BCUT2D eigenvalue weighted by Gasteiger charge is -2.09. The SMILES string of the molecule is Cc1cn2c3c(=O)n(CC(C)C)c(=O)n(C)c3nc2n1CCO. The molecule has 0 radical (unpaired) electrons. The number of aromatic nitrogens is 5. The van der Waals surface area contributed by atoms with Crippen molar-refractivity contribution in [2.24, 2.45) is 13.0 Å². The van der Waals surface area contributed by atoms with Gasteiger partial charge in [0.2, 0.25) is 5.78 Å². The molecular weight excluding hydrogens is 298 g/mol. The highest BCUT2D eigenvalue weighted by Gasteiger charge is 2.20. The molecule has 124 valence electrons. The number of hydrogen-bond acceptors (Lipinski definition) is 4. The van der Waals surface area contributed by atoms with E-state index in [1.54, 1.807) is 11.4 Å². The summed E-state index contributed by atoms with van der Waals surface area (Å²) in [6.45, 7) is 6.55. The van der Waals surface area contributed by atoms with Crippen molar-refractivity contribution < 1.29 is 5.11 Å². The van der Waals surface area contributed by atoms with Gasteiger partial charge in [-0.3, -0.25) is 18.3 Å². The molecule has 1 N–H and O–H groups in total. The smallest absolute Gasteiger partial charge is 0.332 e. The van der Waals surface area contributed by atoms with Crippen LogP contribution < -0.4 is 11.2 Å².